The molecule has 3 rings (SSSR count). The molecule has 2 fully saturated rings. The molecular formula is C20H28N2O2. The summed E-state index contributed by atoms with van der Waals surface area (Å²) in [6, 6.07) is 7.73. The summed E-state index contributed by atoms with van der Waals surface area (Å²) in [6.45, 7) is 2.02. The molecule has 1 saturated heterocycles. The number of nitrogens with zero attached hydrogens (tertiary/aromatic N) is 2. The van der Waals surface area contributed by atoms with Crippen LogP contribution in [0, 0.1) is 11.8 Å². The molecule has 4 heteroatoms. The first-order valence-corrected chi connectivity index (χ1v) is 9.02. The molecule has 0 spiro atoms. The van der Waals surface area contributed by atoms with Gasteiger partial charge in [-0.1, -0.05) is 31.4 Å². The number of hydrazine groups is 1. The molecule has 130 valence electrons. The quantitative estimate of drug-likeness (QED) is 0.792. The maximum atomic E-state index is 12.5. The molecule has 1 saturated carbocycles. The zero-order valence-corrected chi connectivity index (χ0v) is 14.8. The largest absolute Gasteiger partial charge is 0.497 e. The molecule has 2 unspecified atom stereocenters. The number of rotatable bonds is 4. The van der Waals surface area contributed by atoms with Crippen molar-refractivity contribution in [2.24, 2.45) is 11.8 Å². The van der Waals surface area contributed by atoms with Crippen LogP contribution < -0.4 is 4.74 Å². The van der Waals surface area contributed by atoms with Gasteiger partial charge in [-0.05, 0) is 48.4 Å². The van der Waals surface area contributed by atoms with E-state index in [1.54, 1.807) is 18.2 Å². The predicted molar refractivity (Wildman–Crippen MR) is 96.4 cm³/mol. The molecule has 1 aromatic rings. The van der Waals surface area contributed by atoms with Gasteiger partial charge in [0.1, 0.15) is 5.75 Å². The van der Waals surface area contributed by atoms with Gasteiger partial charge in [0.25, 0.3) is 5.91 Å². The molecular weight excluding hydrogens is 300 g/mol. The van der Waals surface area contributed by atoms with Gasteiger partial charge in [0.05, 0.1) is 7.11 Å². The lowest BCUT2D eigenvalue weighted by atomic mass is 9.75. The van der Waals surface area contributed by atoms with Crippen molar-refractivity contribution in [3.8, 4) is 5.75 Å². The average Bonchev–Trinajstić information content (AvgIpc) is 2.65. The number of likely N-dealkylation sites (N-methyl/N-ethyl adjacent to an activating group) is 1. The molecule has 1 amide bonds. The Bertz CT molecular complexity index is 599. The molecule has 0 N–H and O–H groups in total. The number of fused-ring (bicyclic) bond motifs is 1. The lowest BCUT2D eigenvalue weighted by Crippen LogP contribution is -2.51. The number of carbonyl (C=O) groups excluding carboxylic acids is 1. The van der Waals surface area contributed by atoms with E-state index in [9.17, 15) is 4.79 Å². The van der Waals surface area contributed by atoms with Gasteiger partial charge in [0.15, 0.2) is 0 Å². The Morgan fingerprint density at radius 2 is 2.04 bits per heavy atom. The number of methoxy groups -OCH3 is 1. The topological polar surface area (TPSA) is 32.8 Å². The van der Waals surface area contributed by atoms with Crippen LogP contribution in [0.15, 0.2) is 30.3 Å². The summed E-state index contributed by atoms with van der Waals surface area (Å²) >= 11 is 0. The minimum Gasteiger partial charge on any atom is -0.497 e. The van der Waals surface area contributed by atoms with Crippen LogP contribution in [0.1, 0.15) is 37.7 Å². The molecule has 2 aliphatic rings. The lowest BCUT2D eigenvalue weighted by Gasteiger charge is -2.44. The molecule has 1 heterocycles. The van der Waals surface area contributed by atoms with Crippen molar-refractivity contribution in [1.29, 1.82) is 0 Å². The molecule has 4 nitrogen and oxygen atoms in total. The first-order chi connectivity index (χ1) is 11.7. The number of piperidine rings is 1. The van der Waals surface area contributed by atoms with Crippen molar-refractivity contribution < 1.29 is 9.53 Å². The Kier molecular flexibility index (Phi) is 5.56. The summed E-state index contributed by atoms with van der Waals surface area (Å²) in [6.07, 6.45) is 10.2. The van der Waals surface area contributed by atoms with E-state index in [0.717, 1.165) is 36.2 Å². The maximum Gasteiger partial charge on any atom is 0.260 e. The van der Waals surface area contributed by atoms with Crippen LogP contribution >= 0.6 is 0 Å². The van der Waals surface area contributed by atoms with Crippen LogP contribution in [-0.2, 0) is 4.79 Å². The monoisotopic (exact) mass is 328 g/mol. The van der Waals surface area contributed by atoms with E-state index in [1.807, 2.05) is 37.4 Å². The van der Waals surface area contributed by atoms with E-state index in [1.165, 1.54) is 32.1 Å². The fourth-order valence-corrected chi connectivity index (χ4v) is 4.01. The summed E-state index contributed by atoms with van der Waals surface area (Å²) in [5.74, 6) is 2.49. The van der Waals surface area contributed by atoms with Crippen molar-refractivity contribution in [3.05, 3.63) is 35.9 Å². The molecule has 0 bridgehead atoms. The van der Waals surface area contributed by atoms with Crippen LogP contribution in [0.3, 0.4) is 0 Å². The predicted octanol–water partition coefficient (Wildman–Crippen LogP) is 3.59. The number of amides is 1. The third-order valence-electron chi connectivity index (χ3n) is 5.53. The van der Waals surface area contributed by atoms with Gasteiger partial charge in [-0.3, -0.25) is 9.80 Å². The van der Waals surface area contributed by atoms with Crippen LogP contribution in [0.2, 0.25) is 0 Å². The minimum atomic E-state index is 0.0343. The summed E-state index contributed by atoms with van der Waals surface area (Å²) in [5, 5.41) is 4.02. The second kappa shape index (κ2) is 7.84. The molecule has 0 aromatic heterocycles. The van der Waals surface area contributed by atoms with Gasteiger partial charge in [-0.25, -0.2) is 5.01 Å². The highest BCUT2D eigenvalue weighted by Gasteiger charge is 2.33. The Hall–Kier alpha value is -1.81. The number of hydrogen-bond donors (Lipinski definition) is 0. The second-order valence-corrected chi connectivity index (χ2v) is 6.98. The first kappa shape index (κ1) is 17.0. The van der Waals surface area contributed by atoms with E-state index in [4.69, 9.17) is 4.74 Å². The van der Waals surface area contributed by atoms with Gasteiger partial charge in [-0.15, -0.1) is 0 Å². The molecule has 2 atom stereocenters. The fourth-order valence-electron chi connectivity index (χ4n) is 4.01. The van der Waals surface area contributed by atoms with Crippen molar-refractivity contribution in [2.45, 2.75) is 32.1 Å². The smallest absolute Gasteiger partial charge is 0.260 e. The number of ether oxygens (including phenoxy) is 1. The molecule has 24 heavy (non-hydrogen) atoms. The highest BCUT2D eigenvalue weighted by molar-refractivity contribution is 5.91. The normalized spacial score (nSPS) is 24.6. The van der Waals surface area contributed by atoms with E-state index >= 15 is 0 Å². The van der Waals surface area contributed by atoms with E-state index in [-0.39, 0.29) is 5.91 Å². The second-order valence-electron chi connectivity index (χ2n) is 6.98. The Morgan fingerprint density at radius 3 is 2.83 bits per heavy atom. The van der Waals surface area contributed by atoms with Gasteiger partial charge in [-0.2, -0.15) is 0 Å². The standard InChI is InChI=1S/C20H28N2O2/c1-21(22-13-12-17-7-3-4-8-18(17)15-22)20(23)11-10-16-6-5-9-19(14-16)24-2/h5-6,9-11,14,17-18H,3-4,7-8,12-13,15H2,1-2H3/b11-10+. The summed E-state index contributed by atoms with van der Waals surface area (Å²) in [5.41, 5.74) is 0.974. The van der Waals surface area contributed by atoms with Gasteiger partial charge < -0.3 is 4.74 Å². The van der Waals surface area contributed by atoms with E-state index in [0.29, 0.717) is 0 Å². The first-order valence-electron chi connectivity index (χ1n) is 9.02. The van der Waals surface area contributed by atoms with Crippen molar-refractivity contribution in [3.63, 3.8) is 0 Å². The van der Waals surface area contributed by atoms with Crippen molar-refractivity contribution in [2.75, 3.05) is 27.2 Å². The van der Waals surface area contributed by atoms with Crippen LogP contribution in [-0.4, -0.2) is 43.2 Å². The minimum absolute atomic E-state index is 0.0343. The third kappa shape index (κ3) is 3.99. The van der Waals surface area contributed by atoms with Gasteiger partial charge >= 0.3 is 0 Å². The van der Waals surface area contributed by atoms with Gasteiger partial charge in [0.2, 0.25) is 0 Å². The number of carbonyl (C=O) groups is 1. The van der Waals surface area contributed by atoms with E-state index in [2.05, 4.69) is 5.01 Å². The lowest BCUT2D eigenvalue weighted by molar-refractivity contribution is -0.145. The zero-order valence-electron chi connectivity index (χ0n) is 14.8. The Morgan fingerprint density at radius 1 is 1.25 bits per heavy atom. The zero-order chi connectivity index (χ0) is 16.9. The summed E-state index contributed by atoms with van der Waals surface area (Å²) in [4.78, 5) is 12.5. The van der Waals surface area contributed by atoms with Crippen LogP contribution in [0.25, 0.3) is 6.08 Å². The molecule has 0 radical (unpaired) electrons. The van der Waals surface area contributed by atoms with Gasteiger partial charge in [0, 0.05) is 26.2 Å². The summed E-state index contributed by atoms with van der Waals surface area (Å²) < 4.78 is 5.22. The SMILES string of the molecule is COc1cccc(/C=C/C(=O)N(C)N2CCC3CCCCC3C2)c1. The molecule has 1 aliphatic heterocycles. The fraction of sp³-hybridized carbons (Fsp3) is 0.550. The Labute approximate surface area is 145 Å². The average molecular weight is 328 g/mol. The van der Waals surface area contributed by atoms with Crippen LogP contribution in [0.4, 0.5) is 0 Å². The Balaban J connectivity index is 1.59. The number of hydrogen-bond acceptors (Lipinski definition) is 3. The highest BCUT2D eigenvalue weighted by atomic mass is 16.5. The number of benzene rings is 1. The molecule has 1 aliphatic carbocycles. The van der Waals surface area contributed by atoms with Crippen molar-refractivity contribution in [1.82, 2.24) is 10.0 Å². The molecule has 1 aromatic carbocycles. The maximum absolute atomic E-state index is 12.5. The van der Waals surface area contributed by atoms with E-state index < -0.39 is 0 Å². The summed E-state index contributed by atoms with van der Waals surface area (Å²) in [7, 11) is 3.54. The highest BCUT2D eigenvalue weighted by Crippen LogP contribution is 2.36. The van der Waals surface area contributed by atoms with Crippen molar-refractivity contribution >= 4 is 12.0 Å². The van der Waals surface area contributed by atoms with Crippen LogP contribution in [0.5, 0.6) is 5.75 Å². The third-order valence-corrected chi connectivity index (χ3v) is 5.53.